The van der Waals surface area contributed by atoms with Crippen molar-refractivity contribution in [3.05, 3.63) is 41.3 Å². The molecule has 0 spiro atoms. The van der Waals surface area contributed by atoms with Crippen molar-refractivity contribution in [1.82, 2.24) is 10.0 Å². The Morgan fingerprint density at radius 2 is 1.95 bits per heavy atom. The summed E-state index contributed by atoms with van der Waals surface area (Å²) in [5.41, 5.74) is 0.803. The molecule has 5 nitrogen and oxygen atoms in total. The first-order valence-electron chi connectivity index (χ1n) is 6.95. The number of carbonyl (C=O) groups excluding carboxylic acids is 1. The van der Waals surface area contributed by atoms with Crippen molar-refractivity contribution in [1.29, 1.82) is 0 Å². The number of hydrogen-bond donors (Lipinski definition) is 2. The molecule has 0 heterocycles. The second-order valence-corrected chi connectivity index (χ2v) is 6.43. The van der Waals surface area contributed by atoms with E-state index in [0.29, 0.717) is 0 Å². The fourth-order valence-electron chi connectivity index (χ4n) is 1.54. The molecule has 1 unspecified atom stereocenters. The van der Waals surface area contributed by atoms with Gasteiger partial charge in [0, 0.05) is 24.4 Å². The number of nitrogens with one attached hydrogen (secondary N) is 2. The van der Waals surface area contributed by atoms with Crippen LogP contribution in [0.1, 0.15) is 32.3 Å². The van der Waals surface area contributed by atoms with E-state index in [1.807, 2.05) is 44.2 Å². The number of hydrogen-bond acceptors (Lipinski definition) is 3. The Kier molecular flexibility index (Phi) is 7.11. The van der Waals surface area contributed by atoms with Crippen molar-refractivity contribution < 1.29 is 13.2 Å². The molecule has 0 aliphatic rings. The van der Waals surface area contributed by atoms with Gasteiger partial charge in [-0.15, -0.1) is 0 Å². The first-order chi connectivity index (χ1) is 9.93. The quantitative estimate of drug-likeness (QED) is 0.770. The van der Waals surface area contributed by atoms with E-state index in [9.17, 15) is 13.2 Å². The molecule has 0 saturated heterocycles. The predicted molar refractivity (Wildman–Crippen MR) is 84.9 cm³/mol. The smallest absolute Gasteiger partial charge is 0.233 e. The van der Waals surface area contributed by atoms with E-state index < -0.39 is 10.0 Å². The van der Waals surface area contributed by atoms with Crippen LogP contribution in [0.4, 0.5) is 0 Å². The number of amides is 1. The molecule has 0 aromatic heterocycles. The van der Waals surface area contributed by atoms with Gasteiger partial charge in [-0.3, -0.25) is 4.79 Å². The van der Waals surface area contributed by atoms with Gasteiger partial charge in [-0.2, -0.15) is 0 Å². The van der Waals surface area contributed by atoms with E-state index in [-0.39, 0.29) is 24.9 Å². The molecule has 2 N–H and O–H groups in total. The van der Waals surface area contributed by atoms with Crippen molar-refractivity contribution in [2.75, 3.05) is 6.54 Å². The highest BCUT2D eigenvalue weighted by Crippen LogP contribution is 2.02. The van der Waals surface area contributed by atoms with Crippen molar-refractivity contribution in [2.24, 2.45) is 0 Å². The zero-order chi connectivity index (χ0) is 15.7. The average molecular weight is 310 g/mol. The van der Waals surface area contributed by atoms with Gasteiger partial charge in [-0.05, 0) is 25.0 Å². The summed E-state index contributed by atoms with van der Waals surface area (Å²) >= 11 is 0. The molecule has 6 heteroatoms. The largest absolute Gasteiger partial charge is 0.354 e. The lowest BCUT2D eigenvalue weighted by molar-refractivity contribution is -0.121. The van der Waals surface area contributed by atoms with E-state index in [4.69, 9.17) is 0 Å². The zero-order valence-electron chi connectivity index (χ0n) is 12.4. The highest BCUT2D eigenvalue weighted by molar-refractivity contribution is 7.92. The van der Waals surface area contributed by atoms with Crippen LogP contribution in [0.5, 0.6) is 0 Å². The SMILES string of the molecule is CCC(C)NC(=O)CCNS(=O)(=O)/C=C/c1ccccc1. The van der Waals surface area contributed by atoms with Gasteiger partial charge in [0.2, 0.25) is 15.9 Å². The third kappa shape index (κ3) is 7.63. The van der Waals surface area contributed by atoms with Crippen LogP contribution in [0.25, 0.3) is 6.08 Å². The molecule has 1 atom stereocenters. The lowest BCUT2D eigenvalue weighted by atomic mass is 10.2. The minimum Gasteiger partial charge on any atom is -0.354 e. The standard InChI is InChI=1S/C15H22N2O3S/c1-3-13(2)17-15(18)9-11-16-21(19,20)12-10-14-7-5-4-6-8-14/h4-8,10,12-13,16H,3,9,11H2,1-2H3,(H,17,18)/b12-10+. The molecule has 1 rings (SSSR count). The molecule has 1 aromatic rings. The fourth-order valence-corrected chi connectivity index (χ4v) is 2.36. The van der Waals surface area contributed by atoms with Gasteiger partial charge in [0.25, 0.3) is 0 Å². The highest BCUT2D eigenvalue weighted by atomic mass is 32.2. The van der Waals surface area contributed by atoms with Gasteiger partial charge < -0.3 is 5.32 Å². The molecule has 1 amide bonds. The third-order valence-corrected chi connectivity index (χ3v) is 4.02. The molecular weight excluding hydrogens is 288 g/mol. The Balaban J connectivity index is 2.40. The second-order valence-electron chi connectivity index (χ2n) is 4.78. The van der Waals surface area contributed by atoms with Gasteiger partial charge >= 0.3 is 0 Å². The maximum absolute atomic E-state index is 11.7. The Morgan fingerprint density at radius 1 is 1.29 bits per heavy atom. The number of carbonyl (C=O) groups is 1. The summed E-state index contributed by atoms with van der Waals surface area (Å²) in [4.78, 5) is 11.5. The molecule has 0 radical (unpaired) electrons. The minimum atomic E-state index is -3.52. The van der Waals surface area contributed by atoms with Crippen LogP contribution in [-0.2, 0) is 14.8 Å². The number of benzene rings is 1. The Labute approximate surface area is 126 Å². The third-order valence-electron chi connectivity index (χ3n) is 2.91. The number of sulfonamides is 1. The maximum Gasteiger partial charge on any atom is 0.233 e. The topological polar surface area (TPSA) is 75.3 Å². The molecule has 0 saturated carbocycles. The molecule has 21 heavy (non-hydrogen) atoms. The summed E-state index contributed by atoms with van der Waals surface area (Å²) < 4.78 is 25.8. The lowest BCUT2D eigenvalue weighted by Gasteiger charge is -2.11. The summed E-state index contributed by atoms with van der Waals surface area (Å²) in [5, 5.41) is 3.89. The molecular formula is C15H22N2O3S. The molecule has 0 aliphatic heterocycles. The van der Waals surface area contributed by atoms with Gasteiger partial charge in [0.1, 0.15) is 0 Å². The van der Waals surface area contributed by atoms with Crippen LogP contribution in [0.3, 0.4) is 0 Å². The van der Waals surface area contributed by atoms with Gasteiger partial charge in [0.05, 0.1) is 0 Å². The molecule has 1 aromatic carbocycles. The van der Waals surface area contributed by atoms with Crippen molar-refractivity contribution >= 4 is 22.0 Å². The molecule has 0 aliphatic carbocycles. The molecule has 0 fully saturated rings. The molecule has 116 valence electrons. The Morgan fingerprint density at radius 3 is 2.57 bits per heavy atom. The van der Waals surface area contributed by atoms with Crippen LogP contribution in [0, 0.1) is 0 Å². The van der Waals surface area contributed by atoms with Crippen molar-refractivity contribution in [2.45, 2.75) is 32.7 Å². The van der Waals surface area contributed by atoms with Gasteiger partial charge in [0.15, 0.2) is 0 Å². The monoisotopic (exact) mass is 310 g/mol. The zero-order valence-corrected chi connectivity index (χ0v) is 13.2. The highest BCUT2D eigenvalue weighted by Gasteiger charge is 2.08. The first kappa shape index (κ1) is 17.4. The van der Waals surface area contributed by atoms with Crippen LogP contribution in [0.2, 0.25) is 0 Å². The van der Waals surface area contributed by atoms with E-state index in [0.717, 1.165) is 17.4 Å². The first-order valence-corrected chi connectivity index (χ1v) is 8.49. The predicted octanol–water partition coefficient (Wildman–Crippen LogP) is 1.88. The fraction of sp³-hybridized carbons (Fsp3) is 0.400. The van der Waals surface area contributed by atoms with Crippen LogP contribution < -0.4 is 10.0 Å². The van der Waals surface area contributed by atoms with Gasteiger partial charge in [-0.1, -0.05) is 37.3 Å². The summed E-state index contributed by atoms with van der Waals surface area (Å²) in [6.45, 7) is 3.97. The molecule has 0 bridgehead atoms. The van der Waals surface area contributed by atoms with E-state index in [2.05, 4.69) is 10.0 Å². The summed E-state index contributed by atoms with van der Waals surface area (Å²) in [5.74, 6) is -0.154. The van der Waals surface area contributed by atoms with Gasteiger partial charge in [-0.25, -0.2) is 13.1 Å². The van der Waals surface area contributed by atoms with Crippen LogP contribution in [-0.4, -0.2) is 26.9 Å². The van der Waals surface area contributed by atoms with Crippen molar-refractivity contribution in [3.63, 3.8) is 0 Å². The normalized spacial score (nSPS) is 13.2. The summed E-state index contributed by atoms with van der Waals surface area (Å²) in [6.07, 6.45) is 2.49. The van der Waals surface area contributed by atoms with Crippen LogP contribution in [0.15, 0.2) is 35.7 Å². The summed E-state index contributed by atoms with van der Waals surface area (Å²) in [7, 11) is -3.52. The van der Waals surface area contributed by atoms with E-state index in [1.165, 1.54) is 6.08 Å². The van der Waals surface area contributed by atoms with Crippen molar-refractivity contribution in [3.8, 4) is 0 Å². The Hall–Kier alpha value is -1.66. The Bertz CT molecular complexity index is 568. The minimum absolute atomic E-state index is 0.0870. The van der Waals surface area contributed by atoms with Crippen LogP contribution >= 0.6 is 0 Å². The van der Waals surface area contributed by atoms with E-state index >= 15 is 0 Å². The maximum atomic E-state index is 11.7. The average Bonchev–Trinajstić information content (AvgIpc) is 2.46. The second kappa shape index (κ2) is 8.59. The lowest BCUT2D eigenvalue weighted by Crippen LogP contribution is -2.34. The van der Waals surface area contributed by atoms with E-state index in [1.54, 1.807) is 0 Å². The summed E-state index contributed by atoms with van der Waals surface area (Å²) in [6, 6.07) is 9.25. The number of rotatable bonds is 8.